The molecule has 32 heavy (non-hydrogen) atoms. The third kappa shape index (κ3) is 6.91. The first-order valence-electron chi connectivity index (χ1n) is 9.15. The van der Waals surface area contributed by atoms with Gasteiger partial charge in [-0.3, -0.25) is 4.79 Å². The number of benzene rings is 1. The van der Waals surface area contributed by atoms with Crippen LogP contribution in [-0.2, 0) is 47.0 Å². The van der Waals surface area contributed by atoms with Gasteiger partial charge in [0.2, 0.25) is 0 Å². The molecule has 0 bridgehead atoms. The fraction of sp³-hybridized carbons (Fsp3) is 0.391. The number of esters is 1. The van der Waals surface area contributed by atoms with Crippen LogP contribution in [0.3, 0.4) is 0 Å². The molecule has 1 heterocycles. The van der Waals surface area contributed by atoms with Crippen molar-refractivity contribution < 1.29 is 50.0 Å². The summed E-state index contributed by atoms with van der Waals surface area (Å²) in [6.07, 6.45) is 8.86. The number of methoxy groups -OCH3 is 2. The maximum absolute atomic E-state index is 11.3. The Kier molecular flexibility index (Phi) is 15.8. The van der Waals surface area contributed by atoms with Gasteiger partial charge in [-0.2, -0.15) is 0 Å². The average Bonchev–Trinajstić information content (AvgIpc) is 3.18. The number of hydrogen-bond donors (Lipinski definition) is 1. The molecule has 2 unspecified atom stereocenters. The Hall–Kier alpha value is -2.69. The second-order valence-electron chi connectivity index (χ2n) is 6.55. The number of rotatable bonds is 5. The minimum Gasteiger partial charge on any atom is 0 e. The van der Waals surface area contributed by atoms with E-state index in [1.807, 2.05) is 13.8 Å². The van der Waals surface area contributed by atoms with Crippen molar-refractivity contribution in [2.24, 2.45) is 0 Å². The summed E-state index contributed by atoms with van der Waals surface area (Å²) in [5.41, 5.74) is 4.30. The number of fused-ring (bicyclic) bond motifs is 3. The number of ether oxygens (including phenoxy) is 3. The zero-order chi connectivity index (χ0) is 24.1. The van der Waals surface area contributed by atoms with Crippen LogP contribution in [0.15, 0.2) is 24.3 Å². The maximum Gasteiger partial charge on any atom is 0 e. The standard InChI is InChI=1S/C20H25NO4.3CO.Fe/c1-11(25-13(3)22)10-15-12(2)19(23-4)20(24-5)17-14-8-6-7-9-16(14)21-18(15)17;3*1-2;/h6-9,11,14,16,21H,10H2,1-5H3;;;;/t11-,14?,16?;;;;/m1..../s1. The molecule has 1 aromatic rings. The number of carbonyl (C=O) groups is 1. The normalized spacial score (nSPS) is 16.7. The van der Waals surface area contributed by atoms with E-state index >= 15 is 0 Å². The van der Waals surface area contributed by atoms with Gasteiger partial charge < -0.3 is 19.5 Å². The quantitative estimate of drug-likeness (QED) is 0.298. The van der Waals surface area contributed by atoms with E-state index in [-0.39, 0.29) is 41.1 Å². The Labute approximate surface area is 199 Å². The molecule has 172 valence electrons. The molecule has 0 radical (unpaired) electrons. The van der Waals surface area contributed by atoms with Gasteiger partial charge in [0, 0.05) is 53.1 Å². The van der Waals surface area contributed by atoms with Crippen LogP contribution in [0.25, 0.3) is 0 Å². The minimum absolute atomic E-state index is 0. The third-order valence-electron chi connectivity index (χ3n) is 4.86. The largest absolute Gasteiger partial charge is 0 e. The van der Waals surface area contributed by atoms with Crippen molar-refractivity contribution >= 4 is 11.7 Å². The molecular formula is C23H25FeNO7. The average molecular weight is 483 g/mol. The van der Waals surface area contributed by atoms with Crippen molar-refractivity contribution in [2.45, 2.75) is 45.3 Å². The van der Waals surface area contributed by atoms with Gasteiger partial charge in [-0.15, -0.1) is 0 Å². The summed E-state index contributed by atoms with van der Waals surface area (Å²) in [7, 11) is 3.33. The minimum atomic E-state index is -0.269. The number of carbonyl (C=O) groups excluding carboxylic acids is 1. The molecule has 3 rings (SSSR count). The van der Waals surface area contributed by atoms with Crippen LogP contribution in [0.1, 0.15) is 36.5 Å². The molecule has 1 aliphatic heterocycles. The summed E-state index contributed by atoms with van der Waals surface area (Å²) >= 11 is 0. The van der Waals surface area contributed by atoms with E-state index in [0.29, 0.717) is 6.42 Å². The predicted molar refractivity (Wildman–Crippen MR) is 109 cm³/mol. The zero-order valence-electron chi connectivity index (χ0n) is 18.5. The van der Waals surface area contributed by atoms with Crippen LogP contribution < -0.4 is 14.8 Å². The van der Waals surface area contributed by atoms with Crippen molar-refractivity contribution in [3.8, 4) is 11.5 Å². The van der Waals surface area contributed by atoms with Crippen LogP contribution in [0, 0.1) is 26.9 Å². The van der Waals surface area contributed by atoms with Crippen molar-refractivity contribution in [2.75, 3.05) is 19.5 Å². The molecule has 0 spiro atoms. The van der Waals surface area contributed by atoms with Gasteiger partial charge in [0.1, 0.15) is 6.10 Å². The van der Waals surface area contributed by atoms with Crippen LogP contribution in [-0.4, -0.2) is 32.3 Å². The molecule has 0 amide bonds. The third-order valence-corrected chi connectivity index (χ3v) is 4.86. The molecule has 1 aromatic carbocycles. The first-order chi connectivity index (χ1) is 15.0. The second-order valence-corrected chi connectivity index (χ2v) is 6.55. The molecule has 0 saturated heterocycles. The Morgan fingerprint density at radius 1 is 1.06 bits per heavy atom. The van der Waals surface area contributed by atoms with Gasteiger partial charge in [0.05, 0.1) is 20.3 Å². The summed E-state index contributed by atoms with van der Waals surface area (Å²) in [5, 5.41) is 3.62. The van der Waals surface area contributed by atoms with Gasteiger partial charge in [0.15, 0.2) is 11.5 Å². The molecule has 1 aliphatic carbocycles. The van der Waals surface area contributed by atoms with Crippen LogP contribution in [0.2, 0.25) is 0 Å². The van der Waals surface area contributed by atoms with E-state index in [4.69, 9.17) is 28.2 Å². The first-order valence-corrected chi connectivity index (χ1v) is 9.15. The van der Waals surface area contributed by atoms with Crippen molar-refractivity contribution in [1.29, 1.82) is 0 Å². The Morgan fingerprint density at radius 3 is 2.09 bits per heavy atom. The van der Waals surface area contributed by atoms with E-state index in [2.05, 4.69) is 49.6 Å². The Balaban J connectivity index is 0. The van der Waals surface area contributed by atoms with Crippen LogP contribution >= 0.6 is 0 Å². The molecule has 8 nitrogen and oxygen atoms in total. The van der Waals surface area contributed by atoms with E-state index in [0.717, 1.165) is 33.9 Å². The fourth-order valence-corrected chi connectivity index (χ4v) is 3.88. The molecule has 9 heteroatoms. The molecule has 0 fully saturated rings. The topological polar surface area (TPSA) is 116 Å². The van der Waals surface area contributed by atoms with Gasteiger partial charge in [0.25, 0.3) is 0 Å². The second kappa shape index (κ2) is 16.0. The molecular weight excluding hydrogens is 458 g/mol. The Bertz CT molecular complexity index is 873. The number of anilines is 1. The summed E-state index contributed by atoms with van der Waals surface area (Å²) in [4.78, 5) is 11.3. The number of nitrogens with one attached hydrogen (secondary N) is 1. The molecule has 0 saturated carbocycles. The molecule has 2 aliphatic rings. The van der Waals surface area contributed by atoms with Gasteiger partial charge in [-0.05, 0) is 19.4 Å². The van der Waals surface area contributed by atoms with Crippen LogP contribution in [0.4, 0.5) is 5.69 Å². The van der Waals surface area contributed by atoms with Crippen LogP contribution in [0.5, 0.6) is 11.5 Å². The molecule has 1 N–H and O–H groups in total. The van der Waals surface area contributed by atoms with E-state index < -0.39 is 0 Å². The number of hydrogen-bond acceptors (Lipinski definition) is 5. The predicted octanol–water partition coefficient (Wildman–Crippen LogP) is 3.39. The van der Waals surface area contributed by atoms with E-state index in [1.165, 1.54) is 6.92 Å². The van der Waals surface area contributed by atoms with Crippen molar-refractivity contribution in [3.05, 3.63) is 60.9 Å². The molecule has 0 aromatic heterocycles. The first kappa shape index (κ1) is 31.5. The Morgan fingerprint density at radius 2 is 1.59 bits per heavy atom. The maximum atomic E-state index is 11.3. The van der Waals surface area contributed by atoms with Gasteiger partial charge in [-0.25, -0.2) is 0 Å². The SMILES string of the molecule is COc1c(C)c(C[C@@H](C)OC(C)=O)c2c(c1OC)C1C=CC=CC1N2.[C-]#[O+].[C-]#[O+].[C-]#[O+].[Fe]. The van der Waals surface area contributed by atoms with Gasteiger partial charge >= 0.3 is 39.9 Å². The smallest absolute Gasteiger partial charge is 0 e. The fourth-order valence-electron chi connectivity index (χ4n) is 3.88. The molecule has 3 atom stereocenters. The van der Waals surface area contributed by atoms with Crippen molar-refractivity contribution in [1.82, 2.24) is 0 Å². The summed E-state index contributed by atoms with van der Waals surface area (Å²) in [6, 6.07) is 0.197. The monoisotopic (exact) mass is 483 g/mol. The van der Waals surface area contributed by atoms with Crippen molar-refractivity contribution in [3.63, 3.8) is 0 Å². The van der Waals surface area contributed by atoms with E-state index in [1.54, 1.807) is 14.2 Å². The zero-order valence-corrected chi connectivity index (χ0v) is 19.6. The van der Waals surface area contributed by atoms with E-state index in [9.17, 15) is 4.79 Å². The summed E-state index contributed by atoms with van der Waals surface area (Å²) in [5.74, 6) is 1.46. The summed E-state index contributed by atoms with van der Waals surface area (Å²) in [6.45, 7) is 18.9. The summed E-state index contributed by atoms with van der Waals surface area (Å²) < 4.78 is 39.2. The van der Waals surface area contributed by atoms with Gasteiger partial charge in [-0.1, -0.05) is 24.3 Å². The number of allylic oxidation sites excluding steroid dienone is 2.